The number of nitrogens with one attached hydrogen (secondary N) is 1. The number of hydrogen-bond donors (Lipinski definition) is 1. The molecule has 0 aromatic rings. The third-order valence-electron chi connectivity index (χ3n) is 2.62. The van der Waals surface area contributed by atoms with Crippen LogP contribution in [0, 0.1) is 5.41 Å². The standard InChI is InChI=1S/C10H22N2/c1-10(2)6-5-9(11-8-10)7-12(3)4/h9,11H,5-8H2,1-4H3. The minimum absolute atomic E-state index is 0.517. The van der Waals surface area contributed by atoms with Crippen LogP contribution in [0.1, 0.15) is 26.7 Å². The molecule has 0 saturated carbocycles. The van der Waals surface area contributed by atoms with Crippen molar-refractivity contribution in [3.05, 3.63) is 0 Å². The molecule has 0 aromatic heterocycles. The quantitative estimate of drug-likeness (QED) is 0.672. The van der Waals surface area contributed by atoms with Crippen molar-refractivity contribution in [1.82, 2.24) is 10.2 Å². The van der Waals surface area contributed by atoms with E-state index in [1.54, 1.807) is 0 Å². The van der Waals surface area contributed by atoms with Gasteiger partial charge in [0.15, 0.2) is 0 Å². The number of piperidine rings is 1. The molecule has 12 heavy (non-hydrogen) atoms. The molecule has 0 amide bonds. The Kier molecular flexibility index (Phi) is 3.13. The lowest BCUT2D eigenvalue weighted by atomic mass is 9.82. The Morgan fingerprint density at radius 1 is 1.42 bits per heavy atom. The van der Waals surface area contributed by atoms with Crippen molar-refractivity contribution in [2.75, 3.05) is 27.2 Å². The molecule has 0 bridgehead atoms. The maximum Gasteiger partial charge on any atom is 0.0195 e. The van der Waals surface area contributed by atoms with Crippen molar-refractivity contribution in [2.45, 2.75) is 32.7 Å². The van der Waals surface area contributed by atoms with E-state index in [1.807, 2.05) is 0 Å². The fourth-order valence-electron chi connectivity index (χ4n) is 1.77. The van der Waals surface area contributed by atoms with Crippen molar-refractivity contribution < 1.29 is 0 Å². The van der Waals surface area contributed by atoms with Crippen LogP contribution in [0.3, 0.4) is 0 Å². The first kappa shape index (κ1) is 10.0. The molecule has 1 N–H and O–H groups in total. The molecule has 0 radical (unpaired) electrons. The Morgan fingerprint density at radius 3 is 2.50 bits per heavy atom. The van der Waals surface area contributed by atoms with Crippen molar-refractivity contribution >= 4 is 0 Å². The third-order valence-corrected chi connectivity index (χ3v) is 2.62. The van der Waals surface area contributed by atoms with Crippen molar-refractivity contribution in [3.8, 4) is 0 Å². The Morgan fingerprint density at radius 2 is 2.08 bits per heavy atom. The second kappa shape index (κ2) is 3.75. The first-order chi connectivity index (χ1) is 5.49. The van der Waals surface area contributed by atoms with Gasteiger partial charge in [-0.25, -0.2) is 0 Å². The van der Waals surface area contributed by atoms with Crippen molar-refractivity contribution in [3.63, 3.8) is 0 Å². The summed E-state index contributed by atoms with van der Waals surface area (Å²) < 4.78 is 0. The van der Waals surface area contributed by atoms with Crippen LogP contribution in [0.4, 0.5) is 0 Å². The molecule has 0 aliphatic carbocycles. The van der Waals surface area contributed by atoms with Gasteiger partial charge in [0, 0.05) is 19.1 Å². The highest BCUT2D eigenvalue weighted by Gasteiger charge is 2.26. The molecule has 72 valence electrons. The fourth-order valence-corrected chi connectivity index (χ4v) is 1.77. The number of nitrogens with zero attached hydrogens (tertiary/aromatic N) is 1. The highest BCUT2D eigenvalue weighted by atomic mass is 15.1. The fraction of sp³-hybridized carbons (Fsp3) is 1.00. The van der Waals surface area contributed by atoms with E-state index in [2.05, 4.69) is 38.2 Å². The maximum atomic E-state index is 3.60. The van der Waals surface area contributed by atoms with Crippen LogP contribution < -0.4 is 5.32 Å². The molecule has 1 aliphatic heterocycles. The Balaban J connectivity index is 2.27. The zero-order valence-corrected chi connectivity index (χ0v) is 8.85. The van der Waals surface area contributed by atoms with Crippen LogP contribution in [0.5, 0.6) is 0 Å². The van der Waals surface area contributed by atoms with Gasteiger partial charge in [-0.05, 0) is 32.4 Å². The Hall–Kier alpha value is -0.0800. The van der Waals surface area contributed by atoms with Gasteiger partial charge in [-0.1, -0.05) is 13.8 Å². The third kappa shape index (κ3) is 3.11. The largest absolute Gasteiger partial charge is 0.312 e. The van der Waals surface area contributed by atoms with Gasteiger partial charge in [0.05, 0.1) is 0 Å². The lowest BCUT2D eigenvalue weighted by Crippen LogP contribution is -2.47. The Labute approximate surface area is 76.3 Å². The van der Waals surface area contributed by atoms with E-state index >= 15 is 0 Å². The molecule has 2 nitrogen and oxygen atoms in total. The Bertz CT molecular complexity index is 131. The monoisotopic (exact) mass is 170 g/mol. The second-order valence-corrected chi connectivity index (χ2v) is 5.04. The van der Waals surface area contributed by atoms with Crippen LogP contribution in [-0.2, 0) is 0 Å². The molecule has 1 heterocycles. The maximum absolute atomic E-state index is 3.60. The first-order valence-corrected chi connectivity index (χ1v) is 4.88. The first-order valence-electron chi connectivity index (χ1n) is 4.88. The number of likely N-dealkylation sites (N-methyl/N-ethyl adjacent to an activating group) is 1. The van der Waals surface area contributed by atoms with E-state index in [0.29, 0.717) is 11.5 Å². The topological polar surface area (TPSA) is 15.3 Å². The average molecular weight is 170 g/mol. The van der Waals surface area contributed by atoms with Crippen LogP contribution in [-0.4, -0.2) is 38.1 Å². The molecular weight excluding hydrogens is 148 g/mol. The highest BCUT2D eigenvalue weighted by molar-refractivity contribution is 4.84. The van der Waals surface area contributed by atoms with Crippen LogP contribution >= 0.6 is 0 Å². The smallest absolute Gasteiger partial charge is 0.0195 e. The molecule has 1 rings (SSSR count). The van der Waals surface area contributed by atoms with Gasteiger partial charge in [-0.3, -0.25) is 0 Å². The highest BCUT2D eigenvalue weighted by Crippen LogP contribution is 2.26. The van der Waals surface area contributed by atoms with E-state index in [1.165, 1.54) is 25.9 Å². The zero-order valence-electron chi connectivity index (χ0n) is 8.85. The summed E-state index contributed by atoms with van der Waals surface area (Å²) in [5.41, 5.74) is 0.517. The summed E-state index contributed by atoms with van der Waals surface area (Å²) in [6.45, 7) is 7.03. The molecule has 1 unspecified atom stereocenters. The van der Waals surface area contributed by atoms with E-state index in [9.17, 15) is 0 Å². The van der Waals surface area contributed by atoms with Crippen LogP contribution in [0.25, 0.3) is 0 Å². The molecular formula is C10H22N2. The van der Waals surface area contributed by atoms with E-state index in [4.69, 9.17) is 0 Å². The summed E-state index contributed by atoms with van der Waals surface area (Å²) in [4.78, 5) is 2.26. The van der Waals surface area contributed by atoms with E-state index in [-0.39, 0.29) is 0 Å². The van der Waals surface area contributed by atoms with Crippen LogP contribution in [0.15, 0.2) is 0 Å². The van der Waals surface area contributed by atoms with Crippen molar-refractivity contribution in [1.29, 1.82) is 0 Å². The zero-order chi connectivity index (χ0) is 9.19. The minimum Gasteiger partial charge on any atom is -0.312 e. The van der Waals surface area contributed by atoms with E-state index < -0.39 is 0 Å². The molecule has 1 atom stereocenters. The van der Waals surface area contributed by atoms with Gasteiger partial charge in [0.2, 0.25) is 0 Å². The van der Waals surface area contributed by atoms with Gasteiger partial charge in [0.1, 0.15) is 0 Å². The molecule has 1 fully saturated rings. The van der Waals surface area contributed by atoms with Gasteiger partial charge >= 0.3 is 0 Å². The van der Waals surface area contributed by atoms with E-state index in [0.717, 1.165) is 0 Å². The predicted octanol–water partition coefficient (Wildman–Crippen LogP) is 1.33. The summed E-state index contributed by atoms with van der Waals surface area (Å²) in [6, 6.07) is 0.716. The normalized spacial score (nSPS) is 29.2. The average Bonchev–Trinajstić information content (AvgIpc) is 1.93. The SMILES string of the molecule is CN(C)CC1CCC(C)(C)CN1. The summed E-state index contributed by atoms with van der Waals surface area (Å²) in [5.74, 6) is 0. The molecule has 1 saturated heterocycles. The molecule has 1 aliphatic rings. The summed E-state index contributed by atoms with van der Waals surface area (Å²) >= 11 is 0. The summed E-state index contributed by atoms with van der Waals surface area (Å²) in [6.07, 6.45) is 2.68. The number of rotatable bonds is 2. The molecule has 0 aromatic carbocycles. The molecule has 0 spiro atoms. The lowest BCUT2D eigenvalue weighted by molar-refractivity contribution is 0.197. The second-order valence-electron chi connectivity index (χ2n) is 5.04. The summed E-state index contributed by atoms with van der Waals surface area (Å²) in [7, 11) is 4.28. The summed E-state index contributed by atoms with van der Waals surface area (Å²) in [5, 5.41) is 3.60. The van der Waals surface area contributed by atoms with Crippen LogP contribution in [0.2, 0.25) is 0 Å². The van der Waals surface area contributed by atoms with Gasteiger partial charge in [-0.2, -0.15) is 0 Å². The van der Waals surface area contributed by atoms with Gasteiger partial charge in [0.25, 0.3) is 0 Å². The van der Waals surface area contributed by atoms with Crippen molar-refractivity contribution in [2.24, 2.45) is 5.41 Å². The van der Waals surface area contributed by atoms with Gasteiger partial charge in [-0.15, -0.1) is 0 Å². The minimum atomic E-state index is 0.517. The van der Waals surface area contributed by atoms with Gasteiger partial charge < -0.3 is 10.2 Å². The molecule has 2 heteroatoms. The number of hydrogen-bond acceptors (Lipinski definition) is 2. The predicted molar refractivity (Wildman–Crippen MR) is 53.4 cm³/mol. The lowest BCUT2D eigenvalue weighted by Gasteiger charge is -2.36.